The molecule has 0 unspecified atom stereocenters. The summed E-state index contributed by atoms with van der Waals surface area (Å²) in [6, 6.07) is 8.05. The summed E-state index contributed by atoms with van der Waals surface area (Å²) >= 11 is 1.76. The highest BCUT2D eigenvalue weighted by Crippen LogP contribution is 2.20. The van der Waals surface area contributed by atoms with E-state index in [9.17, 15) is 0 Å². The lowest BCUT2D eigenvalue weighted by atomic mass is 10.3. The molecule has 0 saturated heterocycles. The molecule has 0 aliphatic carbocycles. The van der Waals surface area contributed by atoms with Gasteiger partial charge >= 0.3 is 0 Å². The molecule has 0 bridgehead atoms. The van der Waals surface area contributed by atoms with Crippen LogP contribution < -0.4 is 10.1 Å². The molecule has 5 heteroatoms. The van der Waals surface area contributed by atoms with Crippen molar-refractivity contribution in [1.82, 2.24) is 4.90 Å². The molecule has 0 radical (unpaired) electrons. The van der Waals surface area contributed by atoms with Gasteiger partial charge in [-0.25, -0.2) is 0 Å². The Morgan fingerprint density at radius 2 is 2.32 bits per heavy atom. The van der Waals surface area contributed by atoms with Crippen LogP contribution in [0.5, 0.6) is 5.75 Å². The topological polar surface area (TPSA) is 36.9 Å². The molecule has 0 aromatic heterocycles. The summed E-state index contributed by atoms with van der Waals surface area (Å²) in [5.74, 6) is 1.98. The van der Waals surface area contributed by atoms with Crippen molar-refractivity contribution in [3.8, 4) is 5.75 Å². The SMILES string of the molecule is CN(C)CCCOc1cccc(NC2=NCCS2)c1. The van der Waals surface area contributed by atoms with E-state index in [2.05, 4.69) is 29.3 Å². The normalized spacial score (nSPS) is 14.6. The Labute approximate surface area is 119 Å². The van der Waals surface area contributed by atoms with Gasteiger partial charge in [-0.1, -0.05) is 17.8 Å². The van der Waals surface area contributed by atoms with Gasteiger partial charge in [-0.2, -0.15) is 0 Å². The van der Waals surface area contributed by atoms with Crippen LogP contribution in [-0.2, 0) is 0 Å². The molecule has 1 N–H and O–H groups in total. The average Bonchev–Trinajstić information content (AvgIpc) is 2.88. The summed E-state index contributed by atoms with van der Waals surface area (Å²) < 4.78 is 5.75. The fraction of sp³-hybridized carbons (Fsp3) is 0.500. The quantitative estimate of drug-likeness (QED) is 0.812. The van der Waals surface area contributed by atoms with Crippen molar-refractivity contribution in [1.29, 1.82) is 0 Å². The Balaban J connectivity index is 1.81. The first-order valence-corrected chi connectivity index (χ1v) is 7.54. The van der Waals surface area contributed by atoms with Gasteiger partial charge in [-0.05, 0) is 32.6 Å². The molecule has 19 heavy (non-hydrogen) atoms. The van der Waals surface area contributed by atoms with Gasteiger partial charge < -0.3 is 15.0 Å². The Hall–Kier alpha value is -1.20. The van der Waals surface area contributed by atoms with Crippen molar-refractivity contribution in [2.45, 2.75) is 6.42 Å². The Morgan fingerprint density at radius 3 is 3.05 bits per heavy atom. The van der Waals surface area contributed by atoms with E-state index in [0.29, 0.717) is 0 Å². The second-order valence-corrected chi connectivity index (χ2v) is 5.78. The Bertz CT molecular complexity index is 434. The first kappa shape index (κ1) is 14.2. The van der Waals surface area contributed by atoms with Crippen LogP contribution in [-0.4, -0.2) is 49.6 Å². The molecule has 0 spiro atoms. The van der Waals surface area contributed by atoms with Crippen molar-refractivity contribution in [3.63, 3.8) is 0 Å². The van der Waals surface area contributed by atoms with Crippen molar-refractivity contribution in [3.05, 3.63) is 24.3 Å². The maximum absolute atomic E-state index is 5.75. The summed E-state index contributed by atoms with van der Waals surface area (Å²) in [4.78, 5) is 6.54. The van der Waals surface area contributed by atoms with Crippen molar-refractivity contribution >= 4 is 22.6 Å². The number of rotatable bonds is 6. The smallest absolute Gasteiger partial charge is 0.161 e. The molecule has 0 amide bonds. The zero-order chi connectivity index (χ0) is 13.5. The third-order valence-electron chi connectivity index (χ3n) is 2.69. The second kappa shape index (κ2) is 7.40. The Kier molecular flexibility index (Phi) is 5.54. The molecule has 4 nitrogen and oxygen atoms in total. The highest BCUT2D eigenvalue weighted by molar-refractivity contribution is 8.14. The number of nitrogens with zero attached hydrogens (tertiary/aromatic N) is 2. The van der Waals surface area contributed by atoms with E-state index < -0.39 is 0 Å². The minimum absolute atomic E-state index is 0.747. The molecule has 1 aliphatic rings. The van der Waals surface area contributed by atoms with Crippen molar-refractivity contribution in [2.24, 2.45) is 4.99 Å². The average molecular weight is 279 g/mol. The highest BCUT2D eigenvalue weighted by atomic mass is 32.2. The summed E-state index contributed by atoms with van der Waals surface area (Å²) in [6.07, 6.45) is 1.03. The number of ether oxygens (including phenoxy) is 1. The summed E-state index contributed by atoms with van der Waals surface area (Å²) in [6.45, 7) is 2.70. The first-order chi connectivity index (χ1) is 9.24. The monoisotopic (exact) mass is 279 g/mol. The number of nitrogens with one attached hydrogen (secondary N) is 1. The zero-order valence-electron chi connectivity index (χ0n) is 11.6. The van der Waals surface area contributed by atoms with Crippen LogP contribution in [0.15, 0.2) is 29.3 Å². The fourth-order valence-corrected chi connectivity index (χ4v) is 2.52. The predicted octanol–water partition coefficient (Wildman–Crippen LogP) is 2.53. The lowest BCUT2D eigenvalue weighted by molar-refractivity contribution is 0.281. The minimum atomic E-state index is 0.747. The molecular weight excluding hydrogens is 258 g/mol. The van der Waals surface area contributed by atoms with Gasteiger partial charge in [0.25, 0.3) is 0 Å². The van der Waals surface area contributed by atoms with Crippen LogP contribution in [0.4, 0.5) is 5.69 Å². The largest absolute Gasteiger partial charge is 0.493 e. The van der Waals surface area contributed by atoms with E-state index in [1.54, 1.807) is 11.8 Å². The van der Waals surface area contributed by atoms with Crippen LogP contribution in [0.2, 0.25) is 0 Å². The molecule has 1 heterocycles. The number of aliphatic imine (C=N–C) groups is 1. The van der Waals surface area contributed by atoms with Gasteiger partial charge in [0, 0.05) is 24.1 Å². The number of hydrogen-bond acceptors (Lipinski definition) is 5. The van der Waals surface area contributed by atoms with Gasteiger partial charge in [0.05, 0.1) is 13.2 Å². The van der Waals surface area contributed by atoms with E-state index in [4.69, 9.17) is 4.74 Å². The molecule has 0 atom stereocenters. The number of benzene rings is 1. The molecule has 0 saturated carbocycles. The van der Waals surface area contributed by atoms with Gasteiger partial charge in [0.2, 0.25) is 0 Å². The second-order valence-electron chi connectivity index (χ2n) is 4.69. The molecule has 1 aliphatic heterocycles. The van der Waals surface area contributed by atoms with E-state index in [1.807, 2.05) is 24.3 Å². The third-order valence-corrected chi connectivity index (χ3v) is 3.58. The third kappa shape index (κ3) is 5.12. The first-order valence-electron chi connectivity index (χ1n) is 6.56. The van der Waals surface area contributed by atoms with Gasteiger partial charge in [0.15, 0.2) is 5.17 Å². The molecule has 104 valence electrons. The maximum Gasteiger partial charge on any atom is 0.161 e. The lowest BCUT2D eigenvalue weighted by Crippen LogP contribution is -2.15. The summed E-state index contributed by atoms with van der Waals surface area (Å²) in [7, 11) is 4.15. The standard InChI is InChI=1S/C14H21N3OS/c1-17(2)8-4-9-18-13-6-3-5-12(11-13)16-14-15-7-10-19-14/h3,5-6,11H,4,7-10H2,1-2H3,(H,15,16). The maximum atomic E-state index is 5.75. The van der Waals surface area contributed by atoms with Gasteiger partial charge in [0.1, 0.15) is 5.75 Å². The van der Waals surface area contributed by atoms with Crippen molar-refractivity contribution in [2.75, 3.05) is 44.9 Å². The van der Waals surface area contributed by atoms with Crippen LogP contribution in [0.3, 0.4) is 0 Å². The van der Waals surface area contributed by atoms with E-state index >= 15 is 0 Å². The predicted molar refractivity (Wildman–Crippen MR) is 83.5 cm³/mol. The van der Waals surface area contributed by atoms with Crippen LogP contribution in [0.1, 0.15) is 6.42 Å². The molecule has 1 aromatic rings. The van der Waals surface area contributed by atoms with Crippen LogP contribution >= 0.6 is 11.8 Å². The number of hydrogen-bond donors (Lipinski definition) is 1. The van der Waals surface area contributed by atoms with Crippen LogP contribution in [0.25, 0.3) is 0 Å². The number of amidine groups is 1. The van der Waals surface area contributed by atoms with E-state index in [-0.39, 0.29) is 0 Å². The molecular formula is C14H21N3OS. The molecule has 0 fully saturated rings. The van der Waals surface area contributed by atoms with Crippen LogP contribution in [0, 0.1) is 0 Å². The number of thioether (sulfide) groups is 1. The highest BCUT2D eigenvalue weighted by Gasteiger charge is 2.07. The minimum Gasteiger partial charge on any atom is -0.493 e. The zero-order valence-corrected chi connectivity index (χ0v) is 12.4. The summed E-state index contributed by atoms with van der Waals surface area (Å²) in [5.41, 5.74) is 1.04. The lowest BCUT2D eigenvalue weighted by Gasteiger charge is -2.11. The fourth-order valence-electron chi connectivity index (χ4n) is 1.77. The molecule has 2 rings (SSSR count). The van der Waals surface area contributed by atoms with E-state index in [1.165, 1.54) is 0 Å². The summed E-state index contributed by atoms with van der Waals surface area (Å²) in [5, 5.41) is 4.32. The van der Waals surface area contributed by atoms with Gasteiger partial charge in [-0.15, -0.1) is 0 Å². The van der Waals surface area contributed by atoms with E-state index in [0.717, 1.165) is 48.5 Å². The van der Waals surface area contributed by atoms with Gasteiger partial charge in [-0.3, -0.25) is 4.99 Å². The van der Waals surface area contributed by atoms with Crippen molar-refractivity contribution < 1.29 is 4.74 Å². The number of anilines is 1. The Morgan fingerprint density at radius 1 is 1.42 bits per heavy atom. The molecule has 1 aromatic carbocycles.